The highest BCUT2D eigenvalue weighted by Crippen LogP contribution is 2.34. The molecule has 0 aliphatic heterocycles. The normalized spacial score (nSPS) is 12.6. The first-order valence-electron chi connectivity index (χ1n) is 8.83. The number of fused-ring (bicyclic) bond motifs is 1. The van der Waals surface area contributed by atoms with Crippen molar-refractivity contribution in [1.29, 1.82) is 0 Å². The predicted octanol–water partition coefficient (Wildman–Crippen LogP) is 4.54. The highest BCUT2D eigenvalue weighted by Gasteiger charge is 2.35. The summed E-state index contributed by atoms with van der Waals surface area (Å²) in [5.74, 6) is 4.86. The van der Waals surface area contributed by atoms with Crippen LogP contribution < -0.4 is 0 Å². The van der Waals surface area contributed by atoms with Crippen LogP contribution >= 0.6 is 11.3 Å². The molecule has 7 nitrogen and oxygen atoms in total. The minimum atomic E-state index is -4.88. The molecule has 0 saturated heterocycles. The van der Waals surface area contributed by atoms with Crippen molar-refractivity contribution in [3.63, 3.8) is 0 Å². The molecule has 4 aromatic rings. The van der Waals surface area contributed by atoms with Crippen LogP contribution in [-0.2, 0) is 22.5 Å². The van der Waals surface area contributed by atoms with Crippen molar-refractivity contribution in [3.8, 4) is 23.1 Å². The summed E-state index contributed by atoms with van der Waals surface area (Å²) in [7, 11) is -4.48. The molecule has 0 spiro atoms. The van der Waals surface area contributed by atoms with Gasteiger partial charge in [-0.05, 0) is 30.0 Å². The zero-order valence-electron chi connectivity index (χ0n) is 16.2. The molecule has 0 radical (unpaired) electrons. The third kappa shape index (κ3) is 4.88. The summed E-state index contributed by atoms with van der Waals surface area (Å²) in [6.07, 6.45) is -8.61. The molecule has 176 valence electrons. The van der Waals surface area contributed by atoms with E-state index in [2.05, 4.69) is 26.9 Å². The van der Waals surface area contributed by atoms with Crippen LogP contribution in [0.3, 0.4) is 0 Å². The minimum absolute atomic E-state index is 0.0235. The fourth-order valence-corrected chi connectivity index (χ4v) is 4.12. The number of alkyl halides is 6. The van der Waals surface area contributed by atoms with Gasteiger partial charge in [-0.2, -0.15) is 39.9 Å². The number of hydrogen-bond donors (Lipinski definition) is 1. The number of nitrogens with zero attached hydrogens (tertiary/aromatic N) is 4. The van der Waals surface area contributed by atoms with Crippen LogP contribution in [0.4, 0.5) is 26.3 Å². The van der Waals surface area contributed by atoms with E-state index < -0.39 is 37.9 Å². The number of aromatic nitrogens is 4. The molecule has 15 heteroatoms. The number of benzene rings is 1. The number of halogens is 6. The lowest BCUT2D eigenvalue weighted by atomic mass is 10.1. The largest absolute Gasteiger partial charge is 0.433 e. The summed E-state index contributed by atoms with van der Waals surface area (Å²) < 4.78 is 110. The van der Waals surface area contributed by atoms with Gasteiger partial charge in [0.1, 0.15) is 5.69 Å². The van der Waals surface area contributed by atoms with Crippen LogP contribution in [-0.4, -0.2) is 32.6 Å². The first kappa shape index (κ1) is 23.7. The Bertz CT molecular complexity index is 1560. The maximum atomic E-state index is 13.6. The summed E-state index contributed by atoms with van der Waals surface area (Å²) in [4.78, 5) is 7.73. The van der Waals surface area contributed by atoms with Crippen molar-refractivity contribution in [1.82, 2.24) is 19.6 Å². The molecule has 4 rings (SSSR count). The predicted molar refractivity (Wildman–Crippen MR) is 106 cm³/mol. The fourth-order valence-electron chi connectivity index (χ4n) is 2.77. The number of rotatable bonds is 2. The van der Waals surface area contributed by atoms with Gasteiger partial charge in [-0.3, -0.25) is 4.55 Å². The molecule has 0 aliphatic rings. The van der Waals surface area contributed by atoms with Crippen molar-refractivity contribution in [2.45, 2.75) is 16.6 Å². The maximum Gasteiger partial charge on any atom is 0.433 e. The third-order valence-electron chi connectivity index (χ3n) is 4.26. The first-order valence-corrected chi connectivity index (χ1v) is 11.1. The van der Waals surface area contributed by atoms with Gasteiger partial charge in [0.05, 0.1) is 17.5 Å². The first-order chi connectivity index (χ1) is 15.7. The van der Waals surface area contributed by atoms with Crippen molar-refractivity contribution in [3.05, 3.63) is 64.6 Å². The standard InChI is InChI=1S/C19H8F6N4O3S2/c20-18(21,22)11-3-1-10(2-4-11)13-8-14(19(23,24)25)29-15(27-13)7-12(28-29)5-6-16-26-9-17(33-16)34(30,31)32/h1-4,7-9H,(H,30,31,32). The van der Waals surface area contributed by atoms with Crippen LogP contribution in [0.2, 0.25) is 0 Å². The van der Waals surface area contributed by atoms with E-state index >= 15 is 0 Å². The fraction of sp³-hybridized carbons (Fsp3) is 0.105. The number of hydrogen-bond acceptors (Lipinski definition) is 6. The van der Waals surface area contributed by atoms with E-state index in [1.165, 1.54) is 0 Å². The van der Waals surface area contributed by atoms with E-state index in [9.17, 15) is 34.8 Å². The SMILES string of the molecule is O=S(=O)(O)c1cnc(C#Cc2cc3nc(-c4ccc(C(F)(F)F)cc4)cc(C(F)(F)F)n3n2)s1. The molecule has 1 N–H and O–H groups in total. The van der Waals surface area contributed by atoms with Gasteiger partial charge in [-0.15, -0.1) is 0 Å². The lowest BCUT2D eigenvalue weighted by Crippen LogP contribution is -2.13. The van der Waals surface area contributed by atoms with Crippen LogP contribution in [0.1, 0.15) is 22.0 Å². The topological polar surface area (TPSA) is 97.5 Å². The van der Waals surface area contributed by atoms with Gasteiger partial charge in [0.25, 0.3) is 0 Å². The molecule has 0 saturated carbocycles. The molecule has 0 aliphatic carbocycles. The van der Waals surface area contributed by atoms with Gasteiger partial charge in [0.2, 0.25) is 0 Å². The van der Waals surface area contributed by atoms with Gasteiger partial charge < -0.3 is 0 Å². The van der Waals surface area contributed by atoms with Crippen molar-refractivity contribution < 1.29 is 39.3 Å². The smallest absolute Gasteiger partial charge is 0.281 e. The summed E-state index contributed by atoms with van der Waals surface area (Å²) in [5.41, 5.74) is -2.84. The molecule has 0 unspecified atom stereocenters. The van der Waals surface area contributed by atoms with E-state index in [1.807, 2.05) is 0 Å². The molecule has 1 aromatic carbocycles. The Hall–Kier alpha value is -3.48. The Morgan fingerprint density at radius 3 is 2.21 bits per heavy atom. The van der Waals surface area contributed by atoms with E-state index in [-0.39, 0.29) is 27.6 Å². The van der Waals surface area contributed by atoms with Gasteiger partial charge in [0.15, 0.2) is 20.6 Å². The van der Waals surface area contributed by atoms with E-state index in [4.69, 9.17) is 4.55 Å². The molecule has 3 aromatic heterocycles. The maximum absolute atomic E-state index is 13.6. The number of thiazole rings is 1. The zero-order valence-corrected chi connectivity index (χ0v) is 17.8. The van der Waals surface area contributed by atoms with Gasteiger partial charge in [-0.25, -0.2) is 14.5 Å². The van der Waals surface area contributed by atoms with Crippen LogP contribution in [0.15, 0.2) is 46.8 Å². The van der Waals surface area contributed by atoms with E-state index in [1.54, 1.807) is 0 Å². The van der Waals surface area contributed by atoms with E-state index in [0.717, 1.165) is 36.5 Å². The van der Waals surface area contributed by atoms with Gasteiger partial charge >= 0.3 is 22.5 Å². The Kier molecular flexibility index (Phi) is 5.62. The molecular weight excluding hydrogens is 510 g/mol. The molecular formula is C19H8F6N4O3S2. The lowest BCUT2D eigenvalue weighted by Gasteiger charge is -2.11. The van der Waals surface area contributed by atoms with Crippen LogP contribution in [0.5, 0.6) is 0 Å². The average Bonchev–Trinajstić information content (AvgIpc) is 3.36. The second kappa shape index (κ2) is 8.08. The Balaban J connectivity index is 1.77. The highest BCUT2D eigenvalue weighted by molar-refractivity contribution is 7.88. The quantitative estimate of drug-likeness (QED) is 0.238. The van der Waals surface area contributed by atoms with Gasteiger partial charge in [-0.1, -0.05) is 23.5 Å². The minimum Gasteiger partial charge on any atom is -0.281 e. The molecule has 0 fully saturated rings. The van der Waals surface area contributed by atoms with E-state index in [0.29, 0.717) is 21.9 Å². The molecule has 0 bridgehead atoms. The van der Waals surface area contributed by atoms with Crippen LogP contribution in [0.25, 0.3) is 16.9 Å². The molecule has 34 heavy (non-hydrogen) atoms. The summed E-state index contributed by atoms with van der Waals surface area (Å²) >= 11 is 0.543. The second-order valence-corrected chi connectivity index (χ2v) is 9.29. The zero-order chi connectivity index (χ0) is 24.9. The Morgan fingerprint density at radius 1 is 0.971 bits per heavy atom. The Labute approximate surface area is 190 Å². The Morgan fingerprint density at radius 2 is 1.65 bits per heavy atom. The van der Waals surface area contributed by atoms with Gasteiger partial charge in [0, 0.05) is 11.6 Å². The summed E-state index contributed by atoms with van der Waals surface area (Å²) in [5, 5.41) is 3.71. The molecule has 0 amide bonds. The molecule has 0 atom stereocenters. The van der Waals surface area contributed by atoms with Crippen molar-refractivity contribution >= 4 is 27.1 Å². The highest BCUT2D eigenvalue weighted by atomic mass is 32.3. The third-order valence-corrected chi connectivity index (χ3v) is 6.46. The summed E-state index contributed by atoms with van der Waals surface area (Å²) in [6, 6.07) is 5.25. The van der Waals surface area contributed by atoms with Crippen LogP contribution in [0, 0.1) is 11.8 Å². The monoisotopic (exact) mass is 518 g/mol. The molecule has 3 heterocycles. The second-order valence-electron chi connectivity index (χ2n) is 6.61. The van der Waals surface area contributed by atoms with Crippen molar-refractivity contribution in [2.24, 2.45) is 0 Å². The average molecular weight is 518 g/mol. The summed E-state index contributed by atoms with van der Waals surface area (Å²) in [6.45, 7) is 0. The van der Waals surface area contributed by atoms with Crippen molar-refractivity contribution in [2.75, 3.05) is 0 Å². The lowest BCUT2D eigenvalue weighted by molar-refractivity contribution is -0.142.